The van der Waals surface area contributed by atoms with Crippen molar-refractivity contribution in [2.75, 3.05) is 13.2 Å². The lowest BCUT2D eigenvalue weighted by atomic mass is 9.85. The van der Waals surface area contributed by atoms with Gasteiger partial charge < -0.3 is 20.5 Å². The SMILES string of the molecule is CCCOc1ccc(Oc2ncccc2CN=C(N)NCC2CCC2)cc1. The molecule has 1 saturated carbocycles. The first kappa shape index (κ1) is 19.0. The summed E-state index contributed by atoms with van der Waals surface area (Å²) in [5.74, 6) is 3.28. The molecule has 0 radical (unpaired) electrons. The molecule has 0 unspecified atom stereocenters. The third-order valence-electron chi connectivity index (χ3n) is 4.58. The van der Waals surface area contributed by atoms with Crippen molar-refractivity contribution in [3.05, 3.63) is 48.2 Å². The van der Waals surface area contributed by atoms with Crippen LogP contribution in [0.15, 0.2) is 47.6 Å². The fourth-order valence-corrected chi connectivity index (χ4v) is 2.74. The number of nitrogens with two attached hydrogens (primary N) is 1. The van der Waals surface area contributed by atoms with Crippen molar-refractivity contribution in [3.63, 3.8) is 0 Å². The average Bonchev–Trinajstić information content (AvgIpc) is 2.65. The number of rotatable bonds is 9. The molecule has 6 nitrogen and oxygen atoms in total. The second-order valence-electron chi connectivity index (χ2n) is 6.77. The molecule has 0 spiro atoms. The second-order valence-corrected chi connectivity index (χ2v) is 6.77. The van der Waals surface area contributed by atoms with Crippen LogP contribution in [-0.4, -0.2) is 24.1 Å². The Hall–Kier alpha value is -2.76. The molecule has 27 heavy (non-hydrogen) atoms. The Labute approximate surface area is 160 Å². The van der Waals surface area contributed by atoms with Crippen LogP contribution >= 0.6 is 0 Å². The van der Waals surface area contributed by atoms with Crippen molar-refractivity contribution in [2.24, 2.45) is 16.6 Å². The molecule has 0 aliphatic heterocycles. The number of hydrogen-bond donors (Lipinski definition) is 2. The van der Waals surface area contributed by atoms with Crippen LogP contribution in [0.2, 0.25) is 0 Å². The van der Waals surface area contributed by atoms with Crippen molar-refractivity contribution < 1.29 is 9.47 Å². The Balaban J connectivity index is 1.58. The van der Waals surface area contributed by atoms with E-state index in [0.717, 1.165) is 30.2 Å². The van der Waals surface area contributed by atoms with E-state index in [2.05, 4.69) is 22.2 Å². The molecule has 3 rings (SSSR count). The number of aromatic nitrogens is 1. The summed E-state index contributed by atoms with van der Waals surface area (Å²) in [6, 6.07) is 11.4. The van der Waals surface area contributed by atoms with Gasteiger partial charge in [-0.3, -0.25) is 0 Å². The van der Waals surface area contributed by atoms with E-state index < -0.39 is 0 Å². The Kier molecular flexibility index (Phi) is 6.90. The minimum Gasteiger partial charge on any atom is -0.494 e. The molecular weight excluding hydrogens is 340 g/mol. The first-order valence-corrected chi connectivity index (χ1v) is 9.63. The molecule has 0 amide bonds. The molecule has 144 valence electrons. The Bertz CT molecular complexity index is 742. The summed E-state index contributed by atoms with van der Waals surface area (Å²) in [5.41, 5.74) is 6.86. The van der Waals surface area contributed by atoms with Gasteiger partial charge in [-0.2, -0.15) is 0 Å². The van der Waals surface area contributed by atoms with Gasteiger partial charge in [0.25, 0.3) is 0 Å². The maximum absolute atomic E-state index is 5.97. The van der Waals surface area contributed by atoms with Crippen LogP contribution in [-0.2, 0) is 6.54 Å². The molecule has 3 N–H and O–H groups in total. The summed E-state index contributed by atoms with van der Waals surface area (Å²) in [4.78, 5) is 8.75. The van der Waals surface area contributed by atoms with Crippen LogP contribution in [0.25, 0.3) is 0 Å². The van der Waals surface area contributed by atoms with Crippen LogP contribution in [0, 0.1) is 5.92 Å². The standard InChI is InChI=1S/C21H28N4O2/c1-2-13-26-18-8-10-19(11-9-18)27-20-17(7-4-12-23-20)15-25-21(22)24-14-16-5-3-6-16/h4,7-12,16H,2-3,5-6,13-15H2,1H3,(H3,22,24,25). The minimum absolute atomic E-state index is 0.421. The van der Waals surface area contributed by atoms with Crippen LogP contribution in [0.1, 0.15) is 38.2 Å². The quantitative estimate of drug-likeness (QED) is 0.519. The number of hydrogen-bond acceptors (Lipinski definition) is 4. The van der Waals surface area contributed by atoms with Crippen LogP contribution in [0.3, 0.4) is 0 Å². The van der Waals surface area contributed by atoms with Crippen molar-refractivity contribution in [2.45, 2.75) is 39.2 Å². The number of pyridine rings is 1. The highest BCUT2D eigenvalue weighted by Gasteiger charge is 2.16. The lowest BCUT2D eigenvalue weighted by Crippen LogP contribution is -2.37. The first-order chi connectivity index (χ1) is 13.2. The molecule has 1 aliphatic carbocycles. The summed E-state index contributed by atoms with van der Waals surface area (Å²) in [6.07, 6.45) is 6.58. The zero-order chi connectivity index (χ0) is 18.9. The van der Waals surface area contributed by atoms with E-state index >= 15 is 0 Å². The van der Waals surface area contributed by atoms with E-state index in [1.807, 2.05) is 36.4 Å². The second kappa shape index (κ2) is 9.80. The summed E-state index contributed by atoms with van der Waals surface area (Å²) >= 11 is 0. The van der Waals surface area contributed by atoms with Crippen LogP contribution < -0.4 is 20.5 Å². The molecule has 1 heterocycles. The first-order valence-electron chi connectivity index (χ1n) is 9.63. The summed E-state index contributed by atoms with van der Waals surface area (Å²) < 4.78 is 11.5. The van der Waals surface area contributed by atoms with E-state index in [1.165, 1.54) is 19.3 Å². The van der Waals surface area contributed by atoms with Gasteiger partial charge in [-0.05, 0) is 55.5 Å². The third kappa shape index (κ3) is 5.88. The van der Waals surface area contributed by atoms with E-state index in [0.29, 0.717) is 30.7 Å². The average molecular weight is 368 g/mol. The van der Waals surface area contributed by atoms with E-state index in [1.54, 1.807) is 6.20 Å². The van der Waals surface area contributed by atoms with E-state index in [-0.39, 0.29) is 0 Å². The highest BCUT2D eigenvalue weighted by Crippen LogP contribution is 2.26. The molecule has 0 bridgehead atoms. The van der Waals surface area contributed by atoms with Crippen molar-refractivity contribution in [1.29, 1.82) is 0 Å². The van der Waals surface area contributed by atoms with Gasteiger partial charge in [0.05, 0.1) is 13.2 Å². The zero-order valence-electron chi connectivity index (χ0n) is 15.9. The van der Waals surface area contributed by atoms with Crippen molar-refractivity contribution >= 4 is 5.96 Å². The molecule has 1 aromatic heterocycles. The molecule has 0 saturated heterocycles. The number of nitrogens with one attached hydrogen (secondary N) is 1. The summed E-state index contributed by atoms with van der Waals surface area (Å²) in [7, 11) is 0. The number of guanidine groups is 1. The van der Waals surface area contributed by atoms with Gasteiger partial charge in [-0.1, -0.05) is 19.4 Å². The monoisotopic (exact) mass is 368 g/mol. The highest BCUT2D eigenvalue weighted by atomic mass is 16.5. The Morgan fingerprint density at radius 3 is 2.70 bits per heavy atom. The van der Waals surface area contributed by atoms with Crippen molar-refractivity contribution in [3.8, 4) is 17.4 Å². The zero-order valence-corrected chi connectivity index (χ0v) is 15.9. The van der Waals surface area contributed by atoms with Crippen molar-refractivity contribution in [1.82, 2.24) is 10.3 Å². The number of aliphatic imine (C=N–C) groups is 1. The predicted molar refractivity (Wildman–Crippen MR) is 107 cm³/mol. The van der Waals surface area contributed by atoms with Gasteiger partial charge in [-0.15, -0.1) is 0 Å². The summed E-state index contributed by atoms with van der Waals surface area (Å²) in [5, 5.41) is 3.20. The lowest BCUT2D eigenvalue weighted by Gasteiger charge is -2.25. The molecule has 1 aliphatic rings. The highest BCUT2D eigenvalue weighted by molar-refractivity contribution is 5.77. The van der Waals surface area contributed by atoms with E-state index in [9.17, 15) is 0 Å². The maximum Gasteiger partial charge on any atom is 0.224 e. The van der Waals surface area contributed by atoms with Gasteiger partial charge in [0, 0.05) is 18.3 Å². The Morgan fingerprint density at radius 2 is 2.00 bits per heavy atom. The van der Waals surface area contributed by atoms with Gasteiger partial charge in [0.2, 0.25) is 5.88 Å². The largest absolute Gasteiger partial charge is 0.494 e. The molecular formula is C21H28N4O2. The van der Waals surface area contributed by atoms with Crippen LogP contribution in [0.4, 0.5) is 0 Å². The molecule has 2 aromatic rings. The van der Waals surface area contributed by atoms with Gasteiger partial charge in [0.1, 0.15) is 11.5 Å². The number of ether oxygens (including phenoxy) is 2. The number of benzene rings is 1. The fourth-order valence-electron chi connectivity index (χ4n) is 2.74. The Morgan fingerprint density at radius 1 is 1.22 bits per heavy atom. The molecule has 0 atom stereocenters. The maximum atomic E-state index is 5.97. The topological polar surface area (TPSA) is 81.8 Å². The van der Waals surface area contributed by atoms with Gasteiger partial charge >= 0.3 is 0 Å². The lowest BCUT2D eigenvalue weighted by molar-refractivity contribution is 0.315. The normalized spacial score (nSPS) is 14.5. The smallest absolute Gasteiger partial charge is 0.224 e. The molecule has 1 fully saturated rings. The number of nitrogens with zero attached hydrogens (tertiary/aromatic N) is 2. The minimum atomic E-state index is 0.421. The summed E-state index contributed by atoms with van der Waals surface area (Å²) in [6.45, 7) is 4.11. The predicted octanol–water partition coefficient (Wildman–Crippen LogP) is 3.87. The molecule has 1 aromatic carbocycles. The van der Waals surface area contributed by atoms with Crippen LogP contribution in [0.5, 0.6) is 17.4 Å². The van der Waals surface area contributed by atoms with Gasteiger partial charge in [0.15, 0.2) is 5.96 Å². The van der Waals surface area contributed by atoms with Gasteiger partial charge in [-0.25, -0.2) is 9.98 Å². The fraction of sp³-hybridized carbons (Fsp3) is 0.429. The third-order valence-corrected chi connectivity index (χ3v) is 4.58. The molecule has 6 heteroatoms. The van der Waals surface area contributed by atoms with E-state index in [4.69, 9.17) is 15.2 Å².